The van der Waals surface area contributed by atoms with Crippen LogP contribution in [0.15, 0.2) is 24.5 Å². The van der Waals surface area contributed by atoms with Gasteiger partial charge >= 0.3 is 0 Å². The van der Waals surface area contributed by atoms with Crippen LogP contribution < -0.4 is 9.62 Å². The lowest BCUT2D eigenvalue weighted by Gasteiger charge is -2.26. The summed E-state index contributed by atoms with van der Waals surface area (Å²) in [5, 5.41) is 3.26. The summed E-state index contributed by atoms with van der Waals surface area (Å²) in [6.45, 7) is 0.916. The third kappa shape index (κ3) is 3.20. The van der Waals surface area contributed by atoms with E-state index in [9.17, 15) is 8.42 Å². The second kappa shape index (κ2) is 5.67. The first-order valence-corrected chi connectivity index (χ1v) is 7.80. The van der Waals surface area contributed by atoms with E-state index in [4.69, 9.17) is 0 Å². The Labute approximate surface area is 108 Å². The summed E-state index contributed by atoms with van der Waals surface area (Å²) in [6, 6.07) is 3.48. The molecule has 1 aliphatic rings. The van der Waals surface area contributed by atoms with Gasteiger partial charge in [0.1, 0.15) is 0 Å². The van der Waals surface area contributed by atoms with Gasteiger partial charge in [0, 0.05) is 25.5 Å². The van der Waals surface area contributed by atoms with Crippen LogP contribution in [0.2, 0.25) is 0 Å². The Hall–Kier alpha value is -1.14. The van der Waals surface area contributed by atoms with Gasteiger partial charge in [0.05, 0.1) is 11.4 Å². The Bertz CT molecular complexity index is 469. The molecule has 5 nitrogen and oxygen atoms in total. The van der Waals surface area contributed by atoms with E-state index < -0.39 is 10.0 Å². The van der Waals surface area contributed by atoms with Crippen molar-refractivity contribution >= 4 is 15.7 Å². The molecule has 2 rings (SSSR count). The Kier molecular flexibility index (Phi) is 4.19. The predicted octanol–water partition coefficient (Wildman–Crippen LogP) is 0.990. The maximum absolute atomic E-state index is 12.3. The van der Waals surface area contributed by atoms with Gasteiger partial charge in [-0.3, -0.25) is 9.29 Å². The Morgan fingerprint density at radius 2 is 2.11 bits per heavy atom. The fourth-order valence-electron chi connectivity index (χ4n) is 2.15. The molecule has 0 amide bonds. The van der Waals surface area contributed by atoms with E-state index >= 15 is 0 Å². The number of pyridine rings is 1. The minimum Gasteiger partial charge on any atom is -0.313 e. The topological polar surface area (TPSA) is 62.3 Å². The third-order valence-corrected chi connectivity index (χ3v) is 5.14. The van der Waals surface area contributed by atoms with Crippen LogP contribution in [0.4, 0.5) is 5.69 Å². The minimum absolute atomic E-state index is 0.0769. The summed E-state index contributed by atoms with van der Waals surface area (Å²) in [4.78, 5) is 3.89. The van der Waals surface area contributed by atoms with E-state index in [1.54, 1.807) is 31.6 Å². The van der Waals surface area contributed by atoms with Crippen molar-refractivity contribution in [1.29, 1.82) is 0 Å². The molecule has 0 aliphatic carbocycles. The number of anilines is 1. The lowest BCUT2D eigenvalue weighted by atomic mass is 10.1. The zero-order valence-electron chi connectivity index (χ0n) is 10.5. The number of nitrogens with one attached hydrogen (secondary N) is 1. The van der Waals surface area contributed by atoms with Crippen molar-refractivity contribution in [2.24, 2.45) is 0 Å². The molecule has 6 heteroatoms. The molecule has 1 N–H and O–H groups in total. The lowest BCUT2D eigenvalue weighted by molar-refractivity contribution is 0.423. The average molecular weight is 269 g/mol. The Balaban J connectivity index is 2.06. The van der Waals surface area contributed by atoms with Gasteiger partial charge in [-0.05, 0) is 31.5 Å². The molecular formula is C12H19N3O2S. The normalized spacial score (nSPS) is 20.6. The number of rotatable bonds is 4. The van der Waals surface area contributed by atoms with Gasteiger partial charge in [-0.1, -0.05) is 6.42 Å². The number of hydrogen-bond donors (Lipinski definition) is 1. The molecule has 1 aromatic rings. The molecule has 1 atom stereocenters. The summed E-state index contributed by atoms with van der Waals surface area (Å²) in [7, 11) is -1.68. The third-order valence-electron chi connectivity index (χ3n) is 3.27. The fourth-order valence-corrected chi connectivity index (χ4v) is 3.61. The molecule has 0 spiro atoms. The smallest absolute Gasteiger partial charge is 0.236 e. The molecule has 1 fully saturated rings. The SMILES string of the molecule is CN(c1ccncc1)S(=O)(=O)CC1CCCCN1. The van der Waals surface area contributed by atoms with Crippen molar-refractivity contribution in [3.05, 3.63) is 24.5 Å². The maximum Gasteiger partial charge on any atom is 0.236 e. The van der Waals surface area contributed by atoms with E-state index in [0.29, 0.717) is 5.69 Å². The second-order valence-corrected chi connectivity index (χ2v) is 6.64. The van der Waals surface area contributed by atoms with Crippen molar-refractivity contribution in [3.63, 3.8) is 0 Å². The highest BCUT2D eigenvalue weighted by Gasteiger charge is 2.24. The first kappa shape index (κ1) is 13.3. The molecule has 1 aromatic heterocycles. The maximum atomic E-state index is 12.3. The van der Waals surface area contributed by atoms with Gasteiger partial charge in [0.2, 0.25) is 10.0 Å². The molecule has 18 heavy (non-hydrogen) atoms. The van der Waals surface area contributed by atoms with Crippen LogP contribution in [0, 0.1) is 0 Å². The average Bonchev–Trinajstić information content (AvgIpc) is 2.39. The van der Waals surface area contributed by atoms with E-state index in [-0.39, 0.29) is 11.8 Å². The van der Waals surface area contributed by atoms with Crippen LogP contribution in [-0.2, 0) is 10.0 Å². The predicted molar refractivity (Wildman–Crippen MR) is 72.1 cm³/mol. The van der Waals surface area contributed by atoms with E-state index in [0.717, 1.165) is 25.8 Å². The molecule has 1 unspecified atom stereocenters. The summed E-state index contributed by atoms with van der Waals surface area (Å²) >= 11 is 0. The van der Waals surface area contributed by atoms with E-state index in [1.165, 1.54) is 4.31 Å². The van der Waals surface area contributed by atoms with Crippen LogP contribution >= 0.6 is 0 Å². The van der Waals surface area contributed by atoms with Crippen molar-refractivity contribution in [2.45, 2.75) is 25.3 Å². The summed E-state index contributed by atoms with van der Waals surface area (Å²) < 4.78 is 25.9. The molecular weight excluding hydrogens is 250 g/mol. The lowest BCUT2D eigenvalue weighted by Crippen LogP contribution is -2.43. The molecule has 100 valence electrons. The van der Waals surface area contributed by atoms with Gasteiger partial charge in [0.15, 0.2) is 0 Å². The largest absolute Gasteiger partial charge is 0.313 e. The molecule has 2 heterocycles. The number of aromatic nitrogens is 1. The Morgan fingerprint density at radius 3 is 2.72 bits per heavy atom. The first-order valence-electron chi connectivity index (χ1n) is 6.19. The van der Waals surface area contributed by atoms with Crippen LogP contribution in [0.5, 0.6) is 0 Å². The van der Waals surface area contributed by atoms with Crippen molar-refractivity contribution < 1.29 is 8.42 Å². The zero-order chi connectivity index (χ0) is 13.0. The number of nitrogens with zero attached hydrogens (tertiary/aromatic N) is 2. The van der Waals surface area contributed by atoms with Crippen LogP contribution in [-0.4, -0.2) is 38.8 Å². The monoisotopic (exact) mass is 269 g/mol. The number of sulfonamides is 1. The highest BCUT2D eigenvalue weighted by molar-refractivity contribution is 7.92. The quantitative estimate of drug-likeness (QED) is 0.885. The standard InChI is InChI=1S/C12H19N3O2S/c1-15(12-5-8-13-9-6-12)18(16,17)10-11-4-2-3-7-14-11/h5-6,8-9,11,14H,2-4,7,10H2,1H3. The molecule has 0 bridgehead atoms. The molecule has 0 saturated carbocycles. The highest BCUT2D eigenvalue weighted by atomic mass is 32.2. The fraction of sp³-hybridized carbons (Fsp3) is 0.583. The molecule has 0 aromatic carbocycles. The number of hydrogen-bond acceptors (Lipinski definition) is 4. The van der Waals surface area contributed by atoms with E-state index in [2.05, 4.69) is 10.3 Å². The van der Waals surface area contributed by atoms with Gasteiger partial charge in [-0.25, -0.2) is 8.42 Å². The van der Waals surface area contributed by atoms with Gasteiger partial charge in [0.25, 0.3) is 0 Å². The van der Waals surface area contributed by atoms with Gasteiger partial charge in [-0.2, -0.15) is 0 Å². The van der Waals surface area contributed by atoms with Crippen LogP contribution in [0.1, 0.15) is 19.3 Å². The van der Waals surface area contributed by atoms with Gasteiger partial charge in [-0.15, -0.1) is 0 Å². The van der Waals surface area contributed by atoms with Crippen molar-refractivity contribution in [3.8, 4) is 0 Å². The minimum atomic E-state index is -3.27. The second-order valence-electron chi connectivity index (χ2n) is 4.60. The van der Waals surface area contributed by atoms with Crippen LogP contribution in [0.3, 0.4) is 0 Å². The van der Waals surface area contributed by atoms with Crippen molar-refractivity contribution in [1.82, 2.24) is 10.3 Å². The molecule has 1 saturated heterocycles. The number of piperidine rings is 1. The van der Waals surface area contributed by atoms with Crippen molar-refractivity contribution in [2.75, 3.05) is 23.7 Å². The molecule has 0 radical (unpaired) electrons. The Morgan fingerprint density at radius 1 is 1.39 bits per heavy atom. The summed E-state index contributed by atoms with van der Waals surface area (Å²) in [6.07, 6.45) is 6.37. The summed E-state index contributed by atoms with van der Waals surface area (Å²) in [5.41, 5.74) is 0.654. The molecule has 1 aliphatic heterocycles. The highest BCUT2D eigenvalue weighted by Crippen LogP contribution is 2.17. The van der Waals surface area contributed by atoms with Gasteiger partial charge < -0.3 is 5.32 Å². The first-order chi connectivity index (χ1) is 8.59. The zero-order valence-corrected chi connectivity index (χ0v) is 11.4. The van der Waals surface area contributed by atoms with E-state index in [1.807, 2.05) is 0 Å². The summed E-state index contributed by atoms with van der Waals surface area (Å²) in [5.74, 6) is 0.159. The van der Waals surface area contributed by atoms with Crippen LogP contribution in [0.25, 0.3) is 0 Å².